The van der Waals surface area contributed by atoms with E-state index in [1.165, 1.54) is 0 Å². The number of likely N-dealkylation sites (N-methyl/N-ethyl adjacent to an activating group) is 1. The number of ether oxygens (including phenoxy) is 1. The van der Waals surface area contributed by atoms with Crippen LogP contribution in [0.1, 0.15) is 12.8 Å². The van der Waals surface area contributed by atoms with Crippen LogP contribution in [-0.2, 0) is 9.53 Å². The third kappa shape index (κ3) is 4.85. The Bertz CT molecular complexity index is 262. The molecular weight excluding hydrogens is 220 g/mol. The predicted octanol–water partition coefficient (Wildman–Crippen LogP) is -0.238. The largest absolute Gasteiger partial charge is 0.388 e. The molecule has 0 unspecified atom stereocenters. The third-order valence-corrected chi connectivity index (χ3v) is 2.95. The molecule has 0 spiro atoms. The van der Waals surface area contributed by atoms with Crippen LogP contribution in [0.3, 0.4) is 0 Å². The van der Waals surface area contributed by atoms with E-state index in [0.717, 1.165) is 0 Å². The van der Waals surface area contributed by atoms with Gasteiger partial charge >= 0.3 is 0 Å². The van der Waals surface area contributed by atoms with Crippen LogP contribution >= 0.6 is 0 Å². The molecule has 1 fully saturated rings. The van der Waals surface area contributed by atoms with Crippen LogP contribution in [0.15, 0.2) is 12.7 Å². The summed E-state index contributed by atoms with van der Waals surface area (Å²) in [6.45, 7) is 5.94. The third-order valence-electron chi connectivity index (χ3n) is 2.95. The van der Waals surface area contributed by atoms with Crippen molar-refractivity contribution in [3.8, 4) is 0 Å². The maximum absolute atomic E-state index is 11.7. The number of nitrogens with one attached hydrogen (secondary N) is 1. The Hall–Kier alpha value is -0.910. The fourth-order valence-corrected chi connectivity index (χ4v) is 1.86. The average Bonchev–Trinajstić information content (AvgIpc) is 2.29. The van der Waals surface area contributed by atoms with Crippen molar-refractivity contribution in [3.05, 3.63) is 12.7 Å². The van der Waals surface area contributed by atoms with Crippen LogP contribution in [0, 0.1) is 0 Å². The van der Waals surface area contributed by atoms with Gasteiger partial charge in [0.2, 0.25) is 5.91 Å². The summed E-state index contributed by atoms with van der Waals surface area (Å²) in [6, 6.07) is 0. The molecule has 0 atom stereocenters. The minimum absolute atomic E-state index is 0.0215. The SMILES string of the molecule is C=CCNCC(=O)N(C)CC1(O)CCOCC1. The minimum Gasteiger partial charge on any atom is -0.388 e. The summed E-state index contributed by atoms with van der Waals surface area (Å²) in [6.07, 6.45) is 2.88. The number of hydrogen-bond acceptors (Lipinski definition) is 4. The van der Waals surface area contributed by atoms with Gasteiger partial charge in [-0.15, -0.1) is 6.58 Å². The Morgan fingerprint density at radius 2 is 2.24 bits per heavy atom. The van der Waals surface area contributed by atoms with Crippen LogP contribution < -0.4 is 5.32 Å². The molecule has 1 rings (SSSR count). The smallest absolute Gasteiger partial charge is 0.236 e. The lowest BCUT2D eigenvalue weighted by atomic mass is 9.94. The Kier molecular flexibility index (Phi) is 5.61. The van der Waals surface area contributed by atoms with E-state index in [4.69, 9.17) is 4.74 Å². The highest BCUT2D eigenvalue weighted by Gasteiger charge is 2.32. The number of rotatable bonds is 6. The van der Waals surface area contributed by atoms with Gasteiger partial charge in [0.25, 0.3) is 0 Å². The fourth-order valence-electron chi connectivity index (χ4n) is 1.86. The van der Waals surface area contributed by atoms with Gasteiger partial charge in [-0.2, -0.15) is 0 Å². The van der Waals surface area contributed by atoms with E-state index in [9.17, 15) is 9.90 Å². The lowest BCUT2D eigenvalue weighted by molar-refractivity contribution is -0.135. The molecule has 0 aromatic carbocycles. The van der Waals surface area contributed by atoms with Crippen LogP contribution in [0.5, 0.6) is 0 Å². The zero-order valence-corrected chi connectivity index (χ0v) is 10.4. The first kappa shape index (κ1) is 14.2. The van der Waals surface area contributed by atoms with E-state index >= 15 is 0 Å². The molecule has 2 N–H and O–H groups in total. The highest BCUT2D eigenvalue weighted by atomic mass is 16.5. The lowest BCUT2D eigenvalue weighted by Crippen LogP contribution is -2.49. The van der Waals surface area contributed by atoms with Crippen molar-refractivity contribution in [3.63, 3.8) is 0 Å². The van der Waals surface area contributed by atoms with Crippen molar-refractivity contribution in [2.75, 3.05) is 39.9 Å². The molecule has 1 heterocycles. The molecule has 0 aliphatic carbocycles. The van der Waals surface area contributed by atoms with Crippen molar-refractivity contribution in [1.82, 2.24) is 10.2 Å². The second kappa shape index (κ2) is 6.74. The van der Waals surface area contributed by atoms with Crippen molar-refractivity contribution >= 4 is 5.91 Å². The Morgan fingerprint density at radius 1 is 1.59 bits per heavy atom. The number of hydrogen-bond donors (Lipinski definition) is 2. The van der Waals surface area contributed by atoms with Gasteiger partial charge in [-0.05, 0) is 0 Å². The summed E-state index contributed by atoms with van der Waals surface area (Å²) >= 11 is 0. The second-order valence-corrected chi connectivity index (χ2v) is 4.51. The maximum Gasteiger partial charge on any atom is 0.236 e. The molecule has 0 radical (unpaired) electrons. The molecule has 5 nitrogen and oxygen atoms in total. The summed E-state index contributed by atoms with van der Waals surface area (Å²) < 4.78 is 5.20. The molecule has 1 aliphatic rings. The van der Waals surface area contributed by atoms with E-state index in [2.05, 4.69) is 11.9 Å². The molecule has 0 aromatic heterocycles. The molecule has 0 aromatic rings. The van der Waals surface area contributed by atoms with Gasteiger partial charge in [-0.3, -0.25) is 4.79 Å². The molecule has 17 heavy (non-hydrogen) atoms. The van der Waals surface area contributed by atoms with Gasteiger partial charge in [-0.25, -0.2) is 0 Å². The normalized spacial score (nSPS) is 18.7. The van der Waals surface area contributed by atoms with Gasteiger partial charge < -0.3 is 20.1 Å². The Balaban J connectivity index is 2.33. The highest BCUT2D eigenvalue weighted by molar-refractivity contribution is 5.78. The Morgan fingerprint density at radius 3 is 2.82 bits per heavy atom. The van der Waals surface area contributed by atoms with E-state index in [0.29, 0.717) is 39.1 Å². The lowest BCUT2D eigenvalue weighted by Gasteiger charge is -2.35. The molecule has 0 bridgehead atoms. The quantitative estimate of drug-likeness (QED) is 0.498. The first-order valence-corrected chi connectivity index (χ1v) is 5.93. The highest BCUT2D eigenvalue weighted by Crippen LogP contribution is 2.21. The predicted molar refractivity (Wildman–Crippen MR) is 65.7 cm³/mol. The van der Waals surface area contributed by atoms with Crippen molar-refractivity contribution in [2.45, 2.75) is 18.4 Å². The molecule has 1 amide bonds. The zero-order chi connectivity index (χ0) is 12.7. The fraction of sp³-hybridized carbons (Fsp3) is 0.750. The summed E-state index contributed by atoms with van der Waals surface area (Å²) in [5.74, 6) is -0.0215. The van der Waals surface area contributed by atoms with Crippen LogP contribution in [0.2, 0.25) is 0 Å². The average molecular weight is 242 g/mol. The van der Waals surface area contributed by atoms with Crippen molar-refractivity contribution in [2.24, 2.45) is 0 Å². The van der Waals surface area contributed by atoms with E-state index in [-0.39, 0.29) is 12.5 Å². The number of amides is 1. The van der Waals surface area contributed by atoms with Crippen LogP contribution in [0.4, 0.5) is 0 Å². The summed E-state index contributed by atoms with van der Waals surface area (Å²) in [5.41, 5.74) is -0.791. The van der Waals surface area contributed by atoms with Gasteiger partial charge in [0.05, 0.1) is 12.1 Å². The van der Waals surface area contributed by atoms with E-state index in [1.807, 2.05) is 0 Å². The van der Waals surface area contributed by atoms with Gasteiger partial charge in [0.1, 0.15) is 0 Å². The van der Waals surface area contributed by atoms with Crippen LogP contribution in [-0.4, -0.2) is 61.4 Å². The number of nitrogens with zero attached hydrogens (tertiary/aromatic N) is 1. The summed E-state index contributed by atoms with van der Waals surface area (Å²) in [5, 5.41) is 13.2. The molecule has 1 saturated heterocycles. The maximum atomic E-state index is 11.7. The monoisotopic (exact) mass is 242 g/mol. The zero-order valence-electron chi connectivity index (χ0n) is 10.4. The number of carbonyl (C=O) groups is 1. The Labute approximate surface area is 102 Å². The van der Waals surface area contributed by atoms with Crippen LogP contribution in [0.25, 0.3) is 0 Å². The number of carbonyl (C=O) groups excluding carboxylic acids is 1. The minimum atomic E-state index is -0.791. The first-order chi connectivity index (χ1) is 8.07. The first-order valence-electron chi connectivity index (χ1n) is 5.93. The van der Waals surface area contributed by atoms with Crippen molar-refractivity contribution in [1.29, 1.82) is 0 Å². The summed E-state index contributed by atoms with van der Waals surface area (Å²) in [4.78, 5) is 13.3. The standard InChI is InChI=1S/C12H22N2O3/c1-3-6-13-9-11(15)14(2)10-12(16)4-7-17-8-5-12/h3,13,16H,1,4-10H2,2H3. The number of aliphatic hydroxyl groups is 1. The molecule has 0 saturated carbocycles. The molecule has 98 valence electrons. The summed E-state index contributed by atoms with van der Waals surface area (Å²) in [7, 11) is 1.71. The van der Waals surface area contributed by atoms with Gasteiger partial charge in [0, 0.05) is 46.2 Å². The molecular formula is C12H22N2O3. The van der Waals surface area contributed by atoms with Crippen molar-refractivity contribution < 1.29 is 14.6 Å². The van der Waals surface area contributed by atoms with E-state index < -0.39 is 5.60 Å². The van der Waals surface area contributed by atoms with Gasteiger partial charge in [-0.1, -0.05) is 6.08 Å². The van der Waals surface area contributed by atoms with E-state index in [1.54, 1.807) is 18.0 Å². The second-order valence-electron chi connectivity index (χ2n) is 4.51. The molecule has 1 aliphatic heterocycles. The molecule has 5 heteroatoms. The topological polar surface area (TPSA) is 61.8 Å². The van der Waals surface area contributed by atoms with Gasteiger partial charge in [0.15, 0.2) is 0 Å².